The zero-order chi connectivity index (χ0) is 13.9. The third-order valence-electron chi connectivity index (χ3n) is 3.61. The van der Waals surface area contributed by atoms with Crippen molar-refractivity contribution in [3.05, 3.63) is 71.3 Å². The van der Waals surface area contributed by atoms with Crippen molar-refractivity contribution < 1.29 is 0 Å². The van der Waals surface area contributed by atoms with Crippen LogP contribution in [0.4, 0.5) is 0 Å². The highest BCUT2D eigenvalue weighted by Crippen LogP contribution is 2.32. The average molecular weight is 282 g/mol. The summed E-state index contributed by atoms with van der Waals surface area (Å²) in [5.41, 5.74) is 7.08. The van der Waals surface area contributed by atoms with Crippen molar-refractivity contribution in [2.24, 2.45) is 5.10 Å². The molecule has 0 unspecified atom stereocenters. The van der Waals surface area contributed by atoms with Crippen LogP contribution in [0.3, 0.4) is 0 Å². The minimum Gasteiger partial charge on any atom is -0.295 e. The minimum absolute atomic E-state index is 0.300. The van der Waals surface area contributed by atoms with Gasteiger partial charge in [0.05, 0.1) is 0 Å². The fourth-order valence-electron chi connectivity index (χ4n) is 2.27. The van der Waals surface area contributed by atoms with Crippen molar-refractivity contribution in [2.75, 3.05) is 0 Å². The van der Waals surface area contributed by atoms with Crippen molar-refractivity contribution in [3.63, 3.8) is 0 Å². The molecule has 2 nitrogen and oxygen atoms in total. The Morgan fingerprint density at radius 2 is 1.75 bits per heavy atom. The Morgan fingerprint density at radius 1 is 1.05 bits per heavy atom. The molecule has 0 saturated carbocycles. The van der Waals surface area contributed by atoms with Crippen LogP contribution in [-0.2, 0) is 0 Å². The number of aryl methyl sites for hydroxylation is 1. The summed E-state index contributed by atoms with van der Waals surface area (Å²) in [7, 11) is 0. The zero-order valence-electron chi connectivity index (χ0n) is 11.7. The van der Waals surface area contributed by atoms with E-state index in [2.05, 4.69) is 79.0 Å². The molecule has 0 radical (unpaired) electrons. The topological polar surface area (TPSA) is 24.4 Å². The standard InChI is InChI=1S/C17H18N2S/c1-12-8-10-15(11-9-12)17-19-18-16(20-17)13(2)14-6-4-3-5-7-14/h3-11,13,16,18H,1-2H3/t13-,16+/m1/s1. The van der Waals surface area contributed by atoms with Crippen LogP contribution in [0.1, 0.15) is 29.5 Å². The summed E-state index contributed by atoms with van der Waals surface area (Å²) in [5, 5.41) is 5.87. The predicted octanol–water partition coefficient (Wildman–Crippen LogP) is 4.12. The van der Waals surface area contributed by atoms with E-state index in [4.69, 9.17) is 0 Å². The molecular weight excluding hydrogens is 264 g/mol. The summed E-state index contributed by atoms with van der Waals surface area (Å²) < 4.78 is 0. The van der Waals surface area contributed by atoms with Gasteiger partial charge in [-0.25, -0.2) is 0 Å². The van der Waals surface area contributed by atoms with E-state index >= 15 is 0 Å². The van der Waals surface area contributed by atoms with Crippen molar-refractivity contribution >= 4 is 16.8 Å². The molecule has 1 aliphatic rings. The van der Waals surface area contributed by atoms with Gasteiger partial charge in [0, 0.05) is 11.5 Å². The summed E-state index contributed by atoms with van der Waals surface area (Å²) >= 11 is 1.81. The van der Waals surface area contributed by atoms with Crippen LogP contribution in [0, 0.1) is 6.92 Å². The third-order valence-corrected chi connectivity index (χ3v) is 4.93. The van der Waals surface area contributed by atoms with E-state index in [0.29, 0.717) is 11.3 Å². The summed E-state index contributed by atoms with van der Waals surface area (Å²) in [5.74, 6) is 0.424. The van der Waals surface area contributed by atoms with E-state index in [1.807, 2.05) is 11.8 Å². The van der Waals surface area contributed by atoms with Crippen LogP contribution in [0.25, 0.3) is 0 Å². The molecule has 1 aliphatic heterocycles. The van der Waals surface area contributed by atoms with Crippen molar-refractivity contribution in [1.82, 2.24) is 5.43 Å². The van der Waals surface area contributed by atoms with Gasteiger partial charge in [0.2, 0.25) is 0 Å². The van der Waals surface area contributed by atoms with Gasteiger partial charge < -0.3 is 0 Å². The zero-order valence-corrected chi connectivity index (χ0v) is 12.5. The highest BCUT2D eigenvalue weighted by atomic mass is 32.2. The smallest absolute Gasteiger partial charge is 0.125 e. The summed E-state index contributed by atoms with van der Waals surface area (Å²) in [6.07, 6.45) is 0. The largest absolute Gasteiger partial charge is 0.295 e. The molecule has 0 spiro atoms. The lowest BCUT2D eigenvalue weighted by Gasteiger charge is -2.18. The number of hydrazone groups is 1. The van der Waals surface area contributed by atoms with Crippen LogP contribution in [0.15, 0.2) is 59.7 Å². The number of rotatable bonds is 3. The molecule has 2 aromatic rings. The minimum atomic E-state index is 0.300. The fourth-order valence-corrected chi connectivity index (χ4v) is 3.35. The Hall–Kier alpha value is -1.74. The number of thioether (sulfide) groups is 1. The Kier molecular flexibility index (Phi) is 3.79. The van der Waals surface area contributed by atoms with Gasteiger partial charge in [-0.3, -0.25) is 5.43 Å². The number of hydrogen-bond donors (Lipinski definition) is 1. The summed E-state index contributed by atoms with van der Waals surface area (Å²) in [4.78, 5) is 0. The SMILES string of the molecule is Cc1ccc(C2=NN[C@H]([C@H](C)c3ccccc3)S2)cc1. The maximum atomic E-state index is 4.49. The molecule has 1 N–H and O–H groups in total. The van der Waals surface area contributed by atoms with Gasteiger partial charge in [0.25, 0.3) is 0 Å². The van der Waals surface area contributed by atoms with E-state index in [9.17, 15) is 0 Å². The maximum Gasteiger partial charge on any atom is 0.125 e. The van der Waals surface area contributed by atoms with Crippen molar-refractivity contribution in [2.45, 2.75) is 25.1 Å². The summed E-state index contributed by atoms with van der Waals surface area (Å²) in [6, 6.07) is 19.1. The normalized spacial score (nSPS) is 19.3. The van der Waals surface area contributed by atoms with Gasteiger partial charge in [-0.15, -0.1) is 0 Å². The molecular formula is C17H18N2S. The average Bonchev–Trinajstić information content (AvgIpc) is 2.98. The molecule has 1 heterocycles. The number of hydrogen-bond acceptors (Lipinski definition) is 3. The molecule has 2 atom stereocenters. The highest BCUT2D eigenvalue weighted by molar-refractivity contribution is 8.15. The van der Waals surface area contributed by atoms with Crippen molar-refractivity contribution in [1.29, 1.82) is 0 Å². The first-order chi connectivity index (χ1) is 9.74. The monoisotopic (exact) mass is 282 g/mol. The Bertz CT molecular complexity index is 605. The number of nitrogens with one attached hydrogen (secondary N) is 1. The van der Waals surface area contributed by atoms with Crippen LogP contribution < -0.4 is 5.43 Å². The molecule has 0 aliphatic carbocycles. The lowest BCUT2D eigenvalue weighted by atomic mass is 10.0. The van der Waals surface area contributed by atoms with Gasteiger partial charge in [-0.2, -0.15) is 5.10 Å². The van der Waals surface area contributed by atoms with Crippen LogP contribution in [0.2, 0.25) is 0 Å². The molecule has 0 amide bonds. The number of nitrogens with zero attached hydrogens (tertiary/aromatic N) is 1. The molecule has 20 heavy (non-hydrogen) atoms. The first-order valence-electron chi connectivity index (χ1n) is 6.86. The molecule has 0 bridgehead atoms. The van der Waals surface area contributed by atoms with Gasteiger partial charge in [-0.1, -0.05) is 78.8 Å². The summed E-state index contributed by atoms with van der Waals surface area (Å²) in [6.45, 7) is 4.35. The van der Waals surface area contributed by atoms with Gasteiger partial charge in [0.1, 0.15) is 10.4 Å². The van der Waals surface area contributed by atoms with Crippen LogP contribution >= 0.6 is 11.8 Å². The van der Waals surface area contributed by atoms with Gasteiger partial charge in [0.15, 0.2) is 0 Å². The molecule has 0 aromatic heterocycles. The van der Waals surface area contributed by atoms with E-state index in [-0.39, 0.29) is 0 Å². The van der Waals surface area contributed by atoms with E-state index in [1.165, 1.54) is 16.7 Å². The first-order valence-corrected chi connectivity index (χ1v) is 7.74. The predicted molar refractivity (Wildman–Crippen MR) is 87.1 cm³/mol. The molecule has 0 fully saturated rings. The highest BCUT2D eigenvalue weighted by Gasteiger charge is 2.26. The second-order valence-electron chi connectivity index (χ2n) is 5.15. The maximum absolute atomic E-state index is 4.49. The van der Waals surface area contributed by atoms with Gasteiger partial charge in [-0.05, 0) is 12.5 Å². The van der Waals surface area contributed by atoms with Crippen molar-refractivity contribution in [3.8, 4) is 0 Å². The first kappa shape index (κ1) is 13.3. The van der Waals surface area contributed by atoms with E-state index < -0.39 is 0 Å². The number of benzene rings is 2. The second-order valence-corrected chi connectivity index (χ2v) is 6.28. The second kappa shape index (κ2) is 5.71. The molecule has 3 heteroatoms. The van der Waals surface area contributed by atoms with Gasteiger partial charge >= 0.3 is 0 Å². The molecule has 102 valence electrons. The Morgan fingerprint density at radius 3 is 2.45 bits per heavy atom. The fraction of sp³-hybridized carbons (Fsp3) is 0.235. The molecule has 2 aromatic carbocycles. The van der Waals surface area contributed by atoms with Crippen LogP contribution in [0.5, 0.6) is 0 Å². The van der Waals surface area contributed by atoms with Crippen LogP contribution in [-0.4, -0.2) is 10.4 Å². The van der Waals surface area contributed by atoms with E-state index in [0.717, 1.165) is 5.04 Å². The third kappa shape index (κ3) is 2.73. The lowest BCUT2D eigenvalue weighted by Crippen LogP contribution is -2.22. The quantitative estimate of drug-likeness (QED) is 0.915. The lowest BCUT2D eigenvalue weighted by molar-refractivity contribution is 0.609. The van der Waals surface area contributed by atoms with E-state index in [1.54, 1.807) is 0 Å². The molecule has 0 saturated heterocycles. The Labute approximate surface area is 124 Å². The Balaban J connectivity index is 1.71. The molecule has 3 rings (SSSR count).